The Morgan fingerprint density at radius 2 is 1.38 bits per heavy atom. The quantitative estimate of drug-likeness (QED) is 0.272. The Hall–Kier alpha value is -0.590. The van der Waals surface area contributed by atoms with Crippen molar-refractivity contribution in [2.24, 2.45) is 0 Å². The molecule has 0 radical (unpaired) electrons. The standard InChI is InChI=1S/C15H28O/c1-3-5-6-7-8-9-10-11-12-13-15(4-2)14-16/h4,14H,3,5-13H2,1-2H3/b15-4+. The molecule has 0 aromatic rings. The van der Waals surface area contributed by atoms with Crippen LogP contribution in [0.15, 0.2) is 11.6 Å². The summed E-state index contributed by atoms with van der Waals surface area (Å²) in [6.07, 6.45) is 16.0. The molecule has 0 spiro atoms. The van der Waals surface area contributed by atoms with Crippen molar-refractivity contribution >= 4 is 6.29 Å². The molecule has 0 heterocycles. The third-order valence-electron chi connectivity index (χ3n) is 3.09. The molecule has 1 heteroatoms. The van der Waals surface area contributed by atoms with Crippen molar-refractivity contribution in [1.82, 2.24) is 0 Å². The van der Waals surface area contributed by atoms with E-state index in [1.54, 1.807) is 0 Å². The lowest BCUT2D eigenvalue weighted by Gasteiger charge is -2.01. The lowest BCUT2D eigenvalue weighted by molar-refractivity contribution is -0.105. The average molecular weight is 224 g/mol. The maximum Gasteiger partial charge on any atom is 0.145 e. The minimum absolute atomic E-state index is 0.961. The van der Waals surface area contributed by atoms with Gasteiger partial charge in [-0.3, -0.25) is 4.79 Å². The topological polar surface area (TPSA) is 17.1 Å². The maximum atomic E-state index is 10.5. The lowest BCUT2D eigenvalue weighted by atomic mass is 10.0. The van der Waals surface area contributed by atoms with Crippen molar-refractivity contribution in [1.29, 1.82) is 0 Å². The first kappa shape index (κ1) is 15.4. The second-order valence-electron chi connectivity index (χ2n) is 4.56. The molecular weight excluding hydrogens is 196 g/mol. The number of rotatable bonds is 11. The molecule has 1 nitrogen and oxygen atoms in total. The number of hydrogen-bond donors (Lipinski definition) is 0. The molecule has 0 rings (SSSR count). The van der Waals surface area contributed by atoms with Crippen LogP contribution in [0.4, 0.5) is 0 Å². The van der Waals surface area contributed by atoms with E-state index >= 15 is 0 Å². The Morgan fingerprint density at radius 1 is 0.875 bits per heavy atom. The van der Waals surface area contributed by atoms with Gasteiger partial charge in [0.25, 0.3) is 0 Å². The number of aldehydes is 1. The zero-order chi connectivity index (χ0) is 12.1. The van der Waals surface area contributed by atoms with Gasteiger partial charge < -0.3 is 0 Å². The van der Waals surface area contributed by atoms with Crippen LogP contribution >= 0.6 is 0 Å². The second-order valence-corrected chi connectivity index (χ2v) is 4.56. The molecule has 0 N–H and O–H groups in total. The first-order chi connectivity index (χ1) is 7.85. The predicted molar refractivity (Wildman–Crippen MR) is 71.7 cm³/mol. The first-order valence-corrected chi connectivity index (χ1v) is 6.95. The SMILES string of the molecule is C/C=C(/C=O)CCCCCCCCCCC. The van der Waals surface area contributed by atoms with Crippen LogP contribution in [-0.2, 0) is 4.79 Å². The van der Waals surface area contributed by atoms with Gasteiger partial charge in [-0.05, 0) is 25.3 Å². The van der Waals surface area contributed by atoms with E-state index in [-0.39, 0.29) is 0 Å². The van der Waals surface area contributed by atoms with Crippen LogP contribution in [0, 0.1) is 0 Å². The minimum atomic E-state index is 0.961. The third kappa shape index (κ3) is 9.95. The molecule has 0 aliphatic heterocycles. The largest absolute Gasteiger partial charge is 0.298 e. The molecule has 0 saturated heterocycles. The Bertz CT molecular complexity index is 182. The van der Waals surface area contributed by atoms with Crippen LogP contribution in [-0.4, -0.2) is 6.29 Å². The van der Waals surface area contributed by atoms with Gasteiger partial charge in [-0.2, -0.15) is 0 Å². The molecule has 0 aromatic heterocycles. The highest BCUT2D eigenvalue weighted by molar-refractivity contribution is 5.72. The van der Waals surface area contributed by atoms with Gasteiger partial charge in [0.2, 0.25) is 0 Å². The number of allylic oxidation sites excluding steroid dienone is 2. The van der Waals surface area contributed by atoms with Gasteiger partial charge in [-0.15, -0.1) is 0 Å². The average Bonchev–Trinajstić information content (AvgIpc) is 2.32. The van der Waals surface area contributed by atoms with Crippen LogP contribution in [0.3, 0.4) is 0 Å². The number of carbonyl (C=O) groups excluding carboxylic acids is 1. The Morgan fingerprint density at radius 3 is 1.81 bits per heavy atom. The highest BCUT2D eigenvalue weighted by atomic mass is 16.1. The fourth-order valence-electron chi connectivity index (χ4n) is 1.91. The van der Waals surface area contributed by atoms with Gasteiger partial charge in [0.15, 0.2) is 0 Å². The number of unbranched alkanes of at least 4 members (excludes halogenated alkanes) is 8. The summed E-state index contributed by atoms with van der Waals surface area (Å²) in [6.45, 7) is 4.20. The third-order valence-corrected chi connectivity index (χ3v) is 3.09. The molecular formula is C15H28O. The zero-order valence-electron chi connectivity index (χ0n) is 11.1. The van der Waals surface area contributed by atoms with Crippen molar-refractivity contribution in [2.45, 2.75) is 78.1 Å². The van der Waals surface area contributed by atoms with E-state index in [4.69, 9.17) is 0 Å². The van der Waals surface area contributed by atoms with Crippen LogP contribution in [0.1, 0.15) is 78.1 Å². The maximum absolute atomic E-state index is 10.5. The van der Waals surface area contributed by atoms with Crippen molar-refractivity contribution < 1.29 is 4.79 Å². The van der Waals surface area contributed by atoms with Gasteiger partial charge in [0.1, 0.15) is 6.29 Å². The fraction of sp³-hybridized carbons (Fsp3) is 0.800. The zero-order valence-corrected chi connectivity index (χ0v) is 11.1. The molecule has 0 fully saturated rings. The van der Waals surface area contributed by atoms with E-state index in [1.807, 2.05) is 13.0 Å². The summed E-state index contributed by atoms with van der Waals surface area (Å²) in [5.41, 5.74) is 0.961. The summed E-state index contributed by atoms with van der Waals surface area (Å²) in [5, 5.41) is 0. The second kappa shape index (κ2) is 12.5. The summed E-state index contributed by atoms with van der Waals surface area (Å²) < 4.78 is 0. The van der Waals surface area contributed by atoms with Crippen LogP contribution in [0.5, 0.6) is 0 Å². The number of carbonyl (C=O) groups is 1. The smallest absolute Gasteiger partial charge is 0.145 e. The Kier molecular flexibility index (Phi) is 12.0. The van der Waals surface area contributed by atoms with Crippen molar-refractivity contribution in [2.75, 3.05) is 0 Å². The van der Waals surface area contributed by atoms with Gasteiger partial charge in [0, 0.05) is 0 Å². The molecule has 0 bridgehead atoms. The van der Waals surface area contributed by atoms with E-state index in [1.165, 1.54) is 57.8 Å². The van der Waals surface area contributed by atoms with Crippen LogP contribution < -0.4 is 0 Å². The molecule has 0 amide bonds. The van der Waals surface area contributed by atoms with Crippen molar-refractivity contribution in [3.8, 4) is 0 Å². The lowest BCUT2D eigenvalue weighted by Crippen LogP contribution is -1.86. The van der Waals surface area contributed by atoms with Gasteiger partial charge in [-0.1, -0.05) is 64.4 Å². The Labute approximate surface area is 101 Å². The highest BCUT2D eigenvalue weighted by Crippen LogP contribution is 2.12. The van der Waals surface area contributed by atoms with Gasteiger partial charge >= 0.3 is 0 Å². The molecule has 0 aliphatic rings. The van der Waals surface area contributed by atoms with Crippen molar-refractivity contribution in [3.63, 3.8) is 0 Å². The summed E-state index contributed by atoms with van der Waals surface area (Å²) in [7, 11) is 0. The Balaban J connectivity index is 3.12. The molecule has 16 heavy (non-hydrogen) atoms. The van der Waals surface area contributed by atoms with E-state index in [0.717, 1.165) is 18.3 Å². The highest BCUT2D eigenvalue weighted by Gasteiger charge is 1.95. The molecule has 0 aromatic carbocycles. The predicted octanol–water partition coefficient (Wildman–Crippen LogP) is 5.05. The fourth-order valence-corrected chi connectivity index (χ4v) is 1.91. The molecule has 0 unspecified atom stereocenters. The first-order valence-electron chi connectivity index (χ1n) is 6.95. The monoisotopic (exact) mass is 224 g/mol. The van der Waals surface area contributed by atoms with E-state index < -0.39 is 0 Å². The van der Waals surface area contributed by atoms with Crippen molar-refractivity contribution in [3.05, 3.63) is 11.6 Å². The summed E-state index contributed by atoms with van der Waals surface area (Å²) in [5.74, 6) is 0. The number of hydrogen-bond acceptors (Lipinski definition) is 1. The molecule has 0 saturated carbocycles. The minimum Gasteiger partial charge on any atom is -0.298 e. The van der Waals surface area contributed by atoms with Gasteiger partial charge in [-0.25, -0.2) is 0 Å². The molecule has 0 atom stereocenters. The summed E-state index contributed by atoms with van der Waals surface area (Å²) in [6, 6.07) is 0. The van der Waals surface area contributed by atoms with Crippen LogP contribution in [0.25, 0.3) is 0 Å². The van der Waals surface area contributed by atoms with Crippen LogP contribution in [0.2, 0.25) is 0 Å². The normalized spacial score (nSPS) is 11.8. The van der Waals surface area contributed by atoms with E-state index in [9.17, 15) is 4.79 Å². The van der Waals surface area contributed by atoms with Gasteiger partial charge in [0.05, 0.1) is 0 Å². The molecule has 0 aliphatic carbocycles. The van der Waals surface area contributed by atoms with E-state index in [2.05, 4.69) is 6.92 Å². The molecule has 94 valence electrons. The van der Waals surface area contributed by atoms with E-state index in [0.29, 0.717) is 0 Å². The summed E-state index contributed by atoms with van der Waals surface area (Å²) >= 11 is 0. The summed E-state index contributed by atoms with van der Waals surface area (Å²) in [4.78, 5) is 10.5.